The van der Waals surface area contributed by atoms with Gasteiger partial charge in [-0.25, -0.2) is 8.42 Å². The van der Waals surface area contributed by atoms with Gasteiger partial charge in [-0.1, -0.05) is 17.7 Å². The van der Waals surface area contributed by atoms with Crippen molar-refractivity contribution in [1.29, 1.82) is 0 Å². The average molecular weight is 393 g/mol. The summed E-state index contributed by atoms with van der Waals surface area (Å²) in [6.07, 6.45) is 0.220. The standard InChI is InChI=1S/C17H19N3O4S2/c1-11-3-5-12(6-4-11)19-26(23,24)14-7-8-25-16(14)17(22)18-13-9-15(21)20(2)10-13/h3-8,13,19H,9-10H2,1-2H3,(H,18,22)/t13-/m1/s1. The van der Waals surface area contributed by atoms with Crippen LogP contribution in [-0.4, -0.2) is 44.8 Å². The maximum Gasteiger partial charge on any atom is 0.263 e. The first-order chi connectivity index (χ1) is 12.3. The summed E-state index contributed by atoms with van der Waals surface area (Å²) in [5, 5.41) is 4.30. The van der Waals surface area contributed by atoms with Gasteiger partial charge in [0.05, 0.1) is 6.04 Å². The van der Waals surface area contributed by atoms with Gasteiger partial charge in [0.15, 0.2) is 0 Å². The molecule has 0 unspecified atom stereocenters. The number of nitrogens with one attached hydrogen (secondary N) is 2. The molecule has 0 radical (unpaired) electrons. The fraction of sp³-hybridized carbons (Fsp3) is 0.294. The summed E-state index contributed by atoms with van der Waals surface area (Å²) in [4.78, 5) is 25.7. The van der Waals surface area contributed by atoms with Crippen molar-refractivity contribution in [3.05, 3.63) is 46.2 Å². The van der Waals surface area contributed by atoms with Gasteiger partial charge in [-0.05, 0) is 30.5 Å². The monoisotopic (exact) mass is 393 g/mol. The molecule has 1 aromatic heterocycles. The first kappa shape index (κ1) is 18.4. The molecule has 1 atom stereocenters. The van der Waals surface area contributed by atoms with Crippen molar-refractivity contribution in [3.8, 4) is 0 Å². The lowest BCUT2D eigenvalue weighted by Gasteiger charge is -2.13. The number of sulfonamides is 1. The zero-order valence-corrected chi connectivity index (χ0v) is 16.0. The number of nitrogens with zero attached hydrogens (tertiary/aromatic N) is 1. The number of amides is 2. The molecule has 0 spiro atoms. The van der Waals surface area contributed by atoms with Crippen LogP contribution in [0.5, 0.6) is 0 Å². The number of likely N-dealkylation sites (tertiary alicyclic amines) is 1. The Morgan fingerprint density at radius 1 is 1.23 bits per heavy atom. The summed E-state index contributed by atoms with van der Waals surface area (Å²) in [6, 6.07) is 8.02. The Morgan fingerprint density at radius 2 is 1.92 bits per heavy atom. The number of thiophene rings is 1. The highest BCUT2D eigenvalue weighted by atomic mass is 32.2. The first-order valence-corrected chi connectivity index (χ1v) is 10.3. The van der Waals surface area contributed by atoms with Crippen LogP contribution in [0.2, 0.25) is 0 Å². The van der Waals surface area contributed by atoms with Gasteiger partial charge >= 0.3 is 0 Å². The van der Waals surface area contributed by atoms with E-state index in [-0.39, 0.29) is 28.1 Å². The van der Waals surface area contributed by atoms with E-state index in [9.17, 15) is 18.0 Å². The molecule has 0 bridgehead atoms. The molecule has 1 aliphatic rings. The van der Waals surface area contributed by atoms with Gasteiger partial charge in [0, 0.05) is 25.7 Å². The SMILES string of the molecule is Cc1ccc(NS(=O)(=O)c2ccsc2C(=O)N[C@@H]2CC(=O)N(C)C2)cc1. The molecule has 2 aromatic rings. The molecule has 2 heterocycles. The normalized spacial score (nSPS) is 17.4. The zero-order valence-electron chi connectivity index (χ0n) is 14.4. The Balaban J connectivity index is 1.77. The molecular weight excluding hydrogens is 374 g/mol. The Labute approximate surface area is 156 Å². The third kappa shape index (κ3) is 3.88. The number of hydrogen-bond donors (Lipinski definition) is 2. The number of benzene rings is 1. The third-order valence-electron chi connectivity index (χ3n) is 4.10. The van der Waals surface area contributed by atoms with Gasteiger partial charge in [-0.3, -0.25) is 14.3 Å². The molecule has 2 amide bonds. The van der Waals surface area contributed by atoms with Gasteiger partial charge in [0.1, 0.15) is 9.77 Å². The van der Waals surface area contributed by atoms with Crippen LogP contribution in [0.3, 0.4) is 0 Å². The lowest BCUT2D eigenvalue weighted by Crippen LogP contribution is -2.36. The predicted octanol–water partition coefficient (Wildman–Crippen LogP) is 1.82. The quantitative estimate of drug-likeness (QED) is 0.810. The number of anilines is 1. The number of rotatable bonds is 5. The Kier molecular flexibility index (Phi) is 5.01. The van der Waals surface area contributed by atoms with E-state index in [2.05, 4.69) is 10.0 Å². The molecule has 7 nitrogen and oxygen atoms in total. The van der Waals surface area contributed by atoms with Crippen LogP contribution in [0.15, 0.2) is 40.6 Å². The van der Waals surface area contributed by atoms with Gasteiger partial charge in [0.25, 0.3) is 15.9 Å². The number of carbonyl (C=O) groups excluding carboxylic acids is 2. The van der Waals surface area contributed by atoms with Crippen molar-refractivity contribution in [3.63, 3.8) is 0 Å². The lowest BCUT2D eigenvalue weighted by atomic mass is 10.2. The van der Waals surface area contributed by atoms with Crippen molar-refractivity contribution < 1.29 is 18.0 Å². The van der Waals surface area contributed by atoms with E-state index in [0.717, 1.165) is 16.9 Å². The molecule has 1 aliphatic heterocycles. The summed E-state index contributed by atoms with van der Waals surface area (Å²) in [6.45, 7) is 2.32. The van der Waals surface area contributed by atoms with Crippen molar-refractivity contribution in [2.75, 3.05) is 18.3 Å². The molecule has 9 heteroatoms. The average Bonchev–Trinajstić information content (AvgIpc) is 3.17. The minimum Gasteiger partial charge on any atom is -0.346 e. The molecule has 0 saturated carbocycles. The van der Waals surface area contributed by atoms with E-state index in [4.69, 9.17) is 0 Å². The summed E-state index contributed by atoms with van der Waals surface area (Å²) in [5.41, 5.74) is 1.44. The summed E-state index contributed by atoms with van der Waals surface area (Å²) in [7, 11) is -2.22. The highest BCUT2D eigenvalue weighted by molar-refractivity contribution is 7.93. The minimum absolute atomic E-state index is 0.0460. The second-order valence-corrected chi connectivity index (χ2v) is 8.80. The summed E-state index contributed by atoms with van der Waals surface area (Å²) in [5.74, 6) is -0.534. The number of likely N-dealkylation sites (N-methyl/N-ethyl adjacent to an activating group) is 1. The fourth-order valence-corrected chi connectivity index (χ4v) is 5.11. The minimum atomic E-state index is -3.89. The van der Waals surface area contributed by atoms with Gasteiger partial charge in [0.2, 0.25) is 5.91 Å². The van der Waals surface area contributed by atoms with Crippen molar-refractivity contribution >= 4 is 38.9 Å². The predicted molar refractivity (Wildman–Crippen MR) is 99.8 cm³/mol. The van der Waals surface area contributed by atoms with Crippen LogP contribution in [-0.2, 0) is 14.8 Å². The van der Waals surface area contributed by atoms with Crippen LogP contribution in [0.25, 0.3) is 0 Å². The third-order valence-corrected chi connectivity index (χ3v) is 6.57. The van der Waals surface area contributed by atoms with E-state index in [1.807, 2.05) is 6.92 Å². The van der Waals surface area contributed by atoms with E-state index < -0.39 is 15.9 Å². The molecule has 1 aromatic carbocycles. The largest absolute Gasteiger partial charge is 0.346 e. The molecule has 138 valence electrons. The lowest BCUT2D eigenvalue weighted by molar-refractivity contribution is -0.126. The second-order valence-electron chi connectivity index (χ2n) is 6.23. The number of hydrogen-bond acceptors (Lipinski definition) is 5. The smallest absolute Gasteiger partial charge is 0.263 e. The van der Waals surface area contributed by atoms with E-state index in [1.54, 1.807) is 36.7 Å². The van der Waals surface area contributed by atoms with E-state index in [1.165, 1.54) is 11.0 Å². The van der Waals surface area contributed by atoms with Crippen LogP contribution < -0.4 is 10.0 Å². The second kappa shape index (κ2) is 7.08. The number of aryl methyl sites for hydroxylation is 1. The first-order valence-electron chi connectivity index (χ1n) is 7.98. The summed E-state index contributed by atoms with van der Waals surface area (Å²) < 4.78 is 27.8. The Morgan fingerprint density at radius 3 is 2.54 bits per heavy atom. The van der Waals surface area contributed by atoms with Crippen LogP contribution >= 0.6 is 11.3 Å². The van der Waals surface area contributed by atoms with Crippen molar-refractivity contribution in [1.82, 2.24) is 10.2 Å². The zero-order chi connectivity index (χ0) is 18.9. The van der Waals surface area contributed by atoms with Crippen LogP contribution in [0.4, 0.5) is 5.69 Å². The molecule has 1 fully saturated rings. The highest BCUT2D eigenvalue weighted by Crippen LogP contribution is 2.25. The van der Waals surface area contributed by atoms with Gasteiger partial charge in [-0.15, -0.1) is 11.3 Å². The Hall–Kier alpha value is -2.39. The van der Waals surface area contributed by atoms with E-state index in [0.29, 0.717) is 12.2 Å². The molecule has 26 heavy (non-hydrogen) atoms. The molecular formula is C17H19N3O4S2. The van der Waals surface area contributed by atoms with Gasteiger partial charge < -0.3 is 10.2 Å². The maximum absolute atomic E-state index is 12.7. The Bertz CT molecular complexity index is 935. The maximum atomic E-state index is 12.7. The molecule has 3 rings (SSSR count). The van der Waals surface area contributed by atoms with E-state index >= 15 is 0 Å². The summed E-state index contributed by atoms with van der Waals surface area (Å²) >= 11 is 1.05. The fourth-order valence-electron chi connectivity index (χ4n) is 2.72. The molecule has 1 saturated heterocycles. The number of carbonyl (C=O) groups is 2. The van der Waals surface area contributed by atoms with Crippen LogP contribution in [0, 0.1) is 6.92 Å². The van der Waals surface area contributed by atoms with Crippen LogP contribution in [0.1, 0.15) is 21.7 Å². The van der Waals surface area contributed by atoms with Gasteiger partial charge in [-0.2, -0.15) is 0 Å². The van der Waals surface area contributed by atoms with Crippen molar-refractivity contribution in [2.24, 2.45) is 0 Å². The molecule has 0 aliphatic carbocycles. The van der Waals surface area contributed by atoms with Crippen molar-refractivity contribution in [2.45, 2.75) is 24.3 Å². The highest BCUT2D eigenvalue weighted by Gasteiger charge is 2.30. The topological polar surface area (TPSA) is 95.6 Å². The molecule has 2 N–H and O–H groups in total.